The van der Waals surface area contributed by atoms with Gasteiger partial charge < -0.3 is 0 Å². The van der Waals surface area contributed by atoms with Gasteiger partial charge in [-0.2, -0.15) is 0 Å². The van der Waals surface area contributed by atoms with Gasteiger partial charge in [0.1, 0.15) is 6.33 Å². The molecule has 0 fully saturated rings. The van der Waals surface area contributed by atoms with Gasteiger partial charge in [-0.05, 0) is 30.3 Å². The van der Waals surface area contributed by atoms with Gasteiger partial charge in [-0.25, -0.2) is 0 Å². The van der Waals surface area contributed by atoms with Crippen LogP contribution in [-0.4, -0.2) is 14.8 Å². The van der Waals surface area contributed by atoms with E-state index in [-0.39, 0.29) is 0 Å². The Hall–Kier alpha value is -1.46. The van der Waals surface area contributed by atoms with Gasteiger partial charge >= 0.3 is 0 Å². The van der Waals surface area contributed by atoms with Crippen molar-refractivity contribution >= 4 is 31.9 Å². The fourth-order valence-electron chi connectivity index (χ4n) is 1.89. The van der Waals surface area contributed by atoms with E-state index in [9.17, 15) is 0 Å². The van der Waals surface area contributed by atoms with E-state index < -0.39 is 0 Å². The second-order valence-corrected chi connectivity index (χ2v) is 5.85. The van der Waals surface area contributed by atoms with Crippen LogP contribution in [0.2, 0.25) is 0 Å². The number of nitrogens with zero attached hydrogens (tertiary/aromatic N) is 3. The predicted molar refractivity (Wildman–Crippen MR) is 82.2 cm³/mol. The molecule has 3 nitrogen and oxygen atoms in total. The summed E-state index contributed by atoms with van der Waals surface area (Å²) in [5.41, 5.74) is 2.04. The molecule has 0 saturated carbocycles. The first-order valence-electron chi connectivity index (χ1n) is 5.66. The van der Waals surface area contributed by atoms with Crippen molar-refractivity contribution in [1.29, 1.82) is 0 Å². The Morgan fingerprint density at radius 2 is 1.58 bits per heavy atom. The fourth-order valence-corrected chi connectivity index (χ4v) is 3.19. The second kappa shape index (κ2) is 5.27. The first kappa shape index (κ1) is 12.6. The van der Waals surface area contributed by atoms with Gasteiger partial charge in [-0.15, -0.1) is 10.2 Å². The number of hydrogen-bond acceptors (Lipinski definition) is 2. The molecule has 0 aliphatic heterocycles. The van der Waals surface area contributed by atoms with Crippen molar-refractivity contribution in [1.82, 2.24) is 14.8 Å². The lowest BCUT2D eigenvalue weighted by molar-refractivity contribution is 1.06. The predicted octanol–water partition coefficient (Wildman–Crippen LogP) is 4.46. The molecule has 5 heteroatoms. The monoisotopic (exact) mass is 377 g/mol. The van der Waals surface area contributed by atoms with Crippen LogP contribution >= 0.6 is 31.9 Å². The normalized spacial score (nSPS) is 10.6. The molecular weight excluding hydrogens is 370 g/mol. The Kier molecular flexibility index (Phi) is 3.48. The van der Waals surface area contributed by atoms with Gasteiger partial charge in [0.25, 0.3) is 0 Å². The third-order valence-electron chi connectivity index (χ3n) is 2.70. The van der Waals surface area contributed by atoms with E-state index in [1.54, 1.807) is 6.33 Å². The summed E-state index contributed by atoms with van der Waals surface area (Å²) >= 11 is 6.98. The van der Waals surface area contributed by atoms with Crippen molar-refractivity contribution in [3.05, 3.63) is 63.8 Å². The van der Waals surface area contributed by atoms with Crippen LogP contribution in [0.1, 0.15) is 0 Å². The Morgan fingerprint density at radius 3 is 2.26 bits per heavy atom. The molecule has 2 aromatic carbocycles. The molecule has 0 saturated heterocycles. The molecule has 94 valence electrons. The Bertz CT molecular complexity index is 687. The third-order valence-corrected chi connectivity index (χ3v) is 3.62. The highest BCUT2D eigenvalue weighted by atomic mass is 79.9. The van der Waals surface area contributed by atoms with Crippen molar-refractivity contribution in [2.45, 2.75) is 0 Å². The molecule has 3 aromatic rings. The average Bonchev–Trinajstić information content (AvgIpc) is 2.88. The number of rotatable bonds is 2. The van der Waals surface area contributed by atoms with Gasteiger partial charge in [0, 0.05) is 20.2 Å². The van der Waals surface area contributed by atoms with Crippen LogP contribution in [0.15, 0.2) is 63.8 Å². The molecule has 3 rings (SSSR count). The van der Waals surface area contributed by atoms with Crippen LogP contribution in [0.3, 0.4) is 0 Å². The zero-order valence-electron chi connectivity index (χ0n) is 9.79. The summed E-state index contributed by atoms with van der Waals surface area (Å²) in [6, 6.07) is 16.1. The van der Waals surface area contributed by atoms with Crippen molar-refractivity contribution < 1.29 is 0 Å². The number of hydrogen-bond donors (Lipinski definition) is 0. The molecule has 19 heavy (non-hydrogen) atoms. The molecule has 0 amide bonds. The summed E-state index contributed by atoms with van der Waals surface area (Å²) in [6.07, 6.45) is 1.72. The van der Waals surface area contributed by atoms with E-state index in [0.29, 0.717) is 0 Å². The lowest BCUT2D eigenvalue weighted by atomic mass is 10.2. The molecule has 0 atom stereocenters. The summed E-state index contributed by atoms with van der Waals surface area (Å²) in [5.74, 6) is 0.813. The average molecular weight is 379 g/mol. The fraction of sp³-hybridized carbons (Fsp3) is 0. The number of para-hydroxylation sites is 1. The Balaban J connectivity index is 2.15. The van der Waals surface area contributed by atoms with Crippen LogP contribution < -0.4 is 0 Å². The smallest absolute Gasteiger partial charge is 0.168 e. The molecule has 0 spiro atoms. The molecule has 1 aromatic heterocycles. The summed E-state index contributed by atoms with van der Waals surface area (Å²) < 4.78 is 3.97. The number of benzene rings is 2. The van der Waals surface area contributed by atoms with Crippen LogP contribution in [0.5, 0.6) is 0 Å². The highest BCUT2D eigenvalue weighted by molar-refractivity contribution is 9.11. The molecule has 1 heterocycles. The van der Waals surface area contributed by atoms with Crippen molar-refractivity contribution in [3.8, 4) is 17.1 Å². The van der Waals surface area contributed by atoms with E-state index in [2.05, 4.69) is 42.1 Å². The van der Waals surface area contributed by atoms with Gasteiger partial charge in [0.15, 0.2) is 5.82 Å². The minimum atomic E-state index is 0.813. The van der Waals surface area contributed by atoms with Crippen LogP contribution in [0.4, 0.5) is 0 Å². The SMILES string of the molecule is Brc1cc(Br)cc(-c2nncn2-c2ccccc2)c1. The third kappa shape index (κ3) is 2.62. The zero-order chi connectivity index (χ0) is 13.2. The van der Waals surface area contributed by atoms with Gasteiger partial charge in [0.05, 0.1) is 0 Å². The molecule has 0 aliphatic carbocycles. The van der Waals surface area contributed by atoms with Gasteiger partial charge in [-0.3, -0.25) is 4.57 Å². The van der Waals surface area contributed by atoms with E-state index in [4.69, 9.17) is 0 Å². The highest BCUT2D eigenvalue weighted by Crippen LogP contribution is 2.27. The molecule has 0 radical (unpaired) electrons. The Labute approximate surface area is 127 Å². The van der Waals surface area contributed by atoms with Gasteiger partial charge in [0.2, 0.25) is 0 Å². The van der Waals surface area contributed by atoms with Crippen molar-refractivity contribution in [3.63, 3.8) is 0 Å². The first-order valence-corrected chi connectivity index (χ1v) is 7.24. The number of halogens is 2. The molecule has 0 aliphatic rings. The second-order valence-electron chi connectivity index (χ2n) is 4.02. The molecule has 0 N–H and O–H groups in total. The molecular formula is C14H9Br2N3. The minimum absolute atomic E-state index is 0.813. The van der Waals surface area contributed by atoms with Crippen molar-refractivity contribution in [2.75, 3.05) is 0 Å². The summed E-state index contributed by atoms with van der Waals surface area (Å²) in [4.78, 5) is 0. The maximum atomic E-state index is 4.22. The molecule has 0 unspecified atom stereocenters. The topological polar surface area (TPSA) is 30.7 Å². The van der Waals surface area contributed by atoms with Crippen LogP contribution in [0, 0.1) is 0 Å². The summed E-state index contributed by atoms with van der Waals surface area (Å²) in [6.45, 7) is 0. The minimum Gasteiger partial charge on any atom is -0.282 e. The quantitative estimate of drug-likeness (QED) is 0.659. The van der Waals surface area contributed by atoms with E-state index in [1.807, 2.05) is 53.1 Å². The molecule has 0 bridgehead atoms. The van der Waals surface area contributed by atoms with E-state index >= 15 is 0 Å². The number of aromatic nitrogens is 3. The van der Waals surface area contributed by atoms with Gasteiger partial charge in [-0.1, -0.05) is 50.1 Å². The lowest BCUT2D eigenvalue weighted by Gasteiger charge is -2.07. The largest absolute Gasteiger partial charge is 0.282 e. The van der Waals surface area contributed by atoms with E-state index in [1.165, 1.54) is 0 Å². The van der Waals surface area contributed by atoms with Crippen molar-refractivity contribution in [2.24, 2.45) is 0 Å². The van der Waals surface area contributed by atoms with Crippen LogP contribution in [0.25, 0.3) is 17.1 Å². The highest BCUT2D eigenvalue weighted by Gasteiger charge is 2.10. The Morgan fingerprint density at radius 1 is 0.895 bits per heavy atom. The standard InChI is InChI=1S/C14H9Br2N3/c15-11-6-10(7-12(16)8-11)14-18-17-9-19(14)13-4-2-1-3-5-13/h1-9H. The maximum Gasteiger partial charge on any atom is 0.168 e. The summed E-state index contributed by atoms with van der Waals surface area (Å²) in [5, 5.41) is 8.23. The lowest BCUT2D eigenvalue weighted by Crippen LogP contribution is -1.95. The first-order chi connectivity index (χ1) is 9.24. The zero-order valence-corrected chi connectivity index (χ0v) is 13.0. The van der Waals surface area contributed by atoms with E-state index in [0.717, 1.165) is 26.0 Å². The maximum absolute atomic E-state index is 4.22. The van der Waals surface area contributed by atoms with Crippen LogP contribution in [-0.2, 0) is 0 Å². The summed E-state index contributed by atoms with van der Waals surface area (Å²) in [7, 11) is 0.